The summed E-state index contributed by atoms with van der Waals surface area (Å²) >= 11 is 0. The van der Waals surface area contributed by atoms with Crippen molar-refractivity contribution >= 4 is 14.4 Å². The summed E-state index contributed by atoms with van der Waals surface area (Å²) in [5, 5.41) is 3.20. The highest BCUT2D eigenvalue weighted by atomic mass is 28.4. The predicted octanol–water partition coefficient (Wildman–Crippen LogP) is 6.14. The Hall–Kier alpha value is -0.813. The molecule has 0 saturated carbocycles. The zero-order chi connectivity index (χ0) is 20.9. The third-order valence-corrected chi connectivity index (χ3v) is 9.90. The van der Waals surface area contributed by atoms with E-state index in [1.54, 1.807) is 0 Å². The molecule has 0 aromatic heterocycles. The molecular weight excluding hydrogens is 342 g/mol. The summed E-state index contributed by atoms with van der Waals surface area (Å²) in [5.74, 6) is 0.387. The minimum atomic E-state index is -2.01. The Morgan fingerprint density at radius 3 is 2.00 bits per heavy atom. The van der Waals surface area contributed by atoms with Crippen molar-refractivity contribution in [2.24, 2.45) is 11.8 Å². The first-order valence-corrected chi connectivity index (χ1v) is 12.8. The van der Waals surface area contributed by atoms with E-state index in [4.69, 9.17) is 9.16 Å². The van der Waals surface area contributed by atoms with Crippen LogP contribution in [0.4, 0.5) is 4.79 Å². The van der Waals surface area contributed by atoms with E-state index < -0.39 is 13.9 Å². The predicted molar refractivity (Wildman–Crippen MR) is 114 cm³/mol. The summed E-state index contributed by atoms with van der Waals surface area (Å²) in [6.45, 7) is 27.2. The summed E-state index contributed by atoms with van der Waals surface area (Å²) in [4.78, 5) is 12.5. The lowest BCUT2D eigenvalue weighted by atomic mass is 9.88. The van der Waals surface area contributed by atoms with Crippen LogP contribution in [0.5, 0.6) is 0 Å². The summed E-state index contributed by atoms with van der Waals surface area (Å²) in [7, 11) is -2.01. The Balaban J connectivity index is 5.70. The van der Waals surface area contributed by atoms with Gasteiger partial charge < -0.3 is 14.5 Å². The van der Waals surface area contributed by atoms with Crippen LogP contribution < -0.4 is 5.32 Å². The van der Waals surface area contributed by atoms with Crippen LogP contribution >= 0.6 is 0 Å². The molecule has 0 unspecified atom stereocenters. The van der Waals surface area contributed by atoms with Crippen molar-refractivity contribution in [1.29, 1.82) is 0 Å². The number of carbonyl (C=O) groups is 1. The van der Waals surface area contributed by atoms with Crippen LogP contribution in [0.3, 0.4) is 0 Å². The van der Waals surface area contributed by atoms with Crippen molar-refractivity contribution in [3.63, 3.8) is 0 Å². The van der Waals surface area contributed by atoms with Gasteiger partial charge in [-0.25, -0.2) is 4.79 Å². The minimum Gasteiger partial charge on any atom is -0.444 e. The third-order valence-electron chi connectivity index (χ3n) is 5.42. The first-order valence-electron chi connectivity index (χ1n) is 9.85. The molecule has 1 amide bonds. The number of amides is 1. The topological polar surface area (TPSA) is 47.6 Å². The maximum absolute atomic E-state index is 12.5. The Bertz CT molecular complexity index is 463. The summed E-state index contributed by atoms with van der Waals surface area (Å²) in [5.41, 5.74) is -0.524. The largest absolute Gasteiger partial charge is 0.444 e. The van der Waals surface area contributed by atoms with Gasteiger partial charge in [0.05, 0.1) is 12.1 Å². The van der Waals surface area contributed by atoms with Gasteiger partial charge in [0.2, 0.25) is 0 Å². The lowest BCUT2D eigenvalue weighted by Crippen LogP contribution is -2.56. The molecule has 154 valence electrons. The number of nitrogens with one attached hydrogen (secondary N) is 1. The summed E-state index contributed by atoms with van der Waals surface area (Å²) in [6.07, 6.45) is 2.35. The second-order valence-corrected chi connectivity index (χ2v) is 14.8. The highest BCUT2D eigenvalue weighted by molar-refractivity contribution is 6.74. The van der Waals surface area contributed by atoms with Crippen LogP contribution in [0.15, 0.2) is 12.7 Å². The van der Waals surface area contributed by atoms with Gasteiger partial charge in [0.25, 0.3) is 0 Å². The lowest BCUT2D eigenvalue weighted by molar-refractivity contribution is 0.0327. The van der Waals surface area contributed by atoms with Crippen molar-refractivity contribution in [2.75, 3.05) is 0 Å². The van der Waals surface area contributed by atoms with E-state index in [1.807, 2.05) is 26.8 Å². The van der Waals surface area contributed by atoms with E-state index in [0.29, 0.717) is 0 Å². The third kappa shape index (κ3) is 7.83. The molecule has 0 bridgehead atoms. The zero-order valence-electron chi connectivity index (χ0n) is 19.0. The molecule has 0 aromatic carbocycles. The Morgan fingerprint density at radius 2 is 1.65 bits per heavy atom. The molecule has 0 aliphatic heterocycles. The molecule has 0 rings (SSSR count). The SMILES string of the molecule is C=C[C@H](C)[C@H](O[Si](C)(C)C(C)(C)C)[C@@H](NC(=O)OC(C)(C)C)[C@@H](C)CC. The molecule has 0 radical (unpaired) electrons. The molecule has 0 aliphatic rings. The van der Waals surface area contributed by atoms with E-state index in [9.17, 15) is 4.79 Å². The van der Waals surface area contributed by atoms with Crippen LogP contribution in [0, 0.1) is 11.8 Å². The maximum atomic E-state index is 12.5. The summed E-state index contributed by atoms with van der Waals surface area (Å²) < 4.78 is 12.3. The van der Waals surface area contributed by atoms with Crippen molar-refractivity contribution in [3.05, 3.63) is 12.7 Å². The molecule has 4 nitrogen and oxygen atoms in total. The van der Waals surface area contributed by atoms with Gasteiger partial charge in [-0.3, -0.25) is 0 Å². The molecular formula is C21H43NO3Si. The molecule has 0 fully saturated rings. The van der Waals surface area contributed by atoms with Gasteiger partial charge in [-0.15, -0.1) is 6.58 Å². The number of carbonyl (C=O) groups excluding carboxylic acids is 1. The van der Waals surface area contributed by atoms with E-state index in [0.717, 1.165) is 6.42 Å². The molecule has 0 saturated heterocycles. The van der Waals surface area contributed by atoms with Crippen molar-refractivity contribution < 1.29 is 14.0 Å². The number of rotatable bonds is 8. The fraction of sp³-hybridized carbons (Fsp3) is 0.857. The van der Waals surface area contributed by atoms with Gasteiger partial charge in [-0.2, -0.15) is 0 Å². The fourth-order valence-corrected chi connectivity index (χ4v) is 3.80. The molecule has 26 heavy (non-hydrogen) atoms. The first kappa shape index (κ1) is 25.2. The Morgan fingerprint density at radius 1 is 1.15 bits per heavy atom. The smallest absolute Gasteiger partial charge is 0.407 e. The van der Waals surface area contributed by atoms with E-state index >= 15 is 0 Å². The molecule has 1 N–H and O–H groups in total. The first-order chi connectivity index (χ1) is 11.6. The van der Waals surface area contributed by atoms with Gasteiger partial charge in [-0.05, 0) is 44.8 Å². The maximum Gasteiger partial charge on any atom is 0.407 e. The summed E-state index contributed by atoms with van der Waals surface area (Å²) in [6, 6.07) is -0.128. The number of ether oxygens (including phenoxy) is 1. The quantitative estimate of drug-likeness (QED) is 0.403. The van der Waals surface area contributed by atoms with Gasteiger partial charge in [0, 0.05) is 5.92 Å². The fourth-order valence-electron chi connectivity index (χ4n) is 2.40. The van der Waals surface area contributed by atoms with Crippen LogP contribution in [-0.2, 0) is 9.16 Å². The Labute approximate surface area is 163 Å². The second kappa shape index (κ2) is 9.40. The number of hydrogen-bond acceptors (Lipinski definition) is 3. The van der Waals surface area contributed by atoms with Gasteiger partial charge in [-0.1, -0.05) is 54.0 Å². The van der Waals surface area contributed by atoms with Crippen LogP contribution in [-0.4, -0.2) is 32.2 Å². The van der Waals surface area contributed by atoms with E-state index in [1.165, 1.54) is 0 Å². The average molecular weight is 386 g/mol. The van der Waals surface area contributed by atoms with Crippen molar-refractivity contribution in [3.8, 4) is 0 Å². The normalized spacial score (nSPS) is 17.8. The van der Waals surface area contributed by atoms with E-state index in [2.05, 4.69) is 66.5 Å². The van der Waals surface area contributed by atoms with Crippen molar-refractivity contribution in [1.82, 2.24) is 5.32 Å². The molecule has 4 atom stereocenters. The highest BCUT2D eigenvalue weighted by Gasteiger charge is 2.43. The average Bonchev–Trinajstić information content (AvgIpc) is 2.46. The molecule has 0 spiro atoms. The lowest BCUT2D eigenvalue weighted by Gasteiger charge is -2.44. The van der Waals surface area contributed by atoms with Crippen LogP contribution in [0.25, 0.3) is 0 Å². The zero-order valence-corrected chi connectivity index (χ0v) is 20.0. The standard InChI is InChI=1S/C21H43NO3Si/c1-13-15(3)17(22-19(23)24-20(5,6)7)18(16(4)14-2)25-26(11,12)21(8,9)10/h14-18H,2,13H2,1,3-12H3,(H,22,23)/t15-,16-,17-,18-/m0/s1. The van der Waals surface area contributed by atoms with E-state index in [-0.39, 0.29) is 35.1 Å². The van der Waals surface area contributed by atoms with Crippen molar-refractivity contribution in [2.45, 2.75) is 105 Å². The van der Waals surface area contributed by atoms with Gasteiger partial charge in [0.1, 0.15) is 5.60 Å². The Kier molecular flexibility index (Phi) is 9.11. The highest BCUT2D eigenvalue weighted by Crippen LogP contribution is 2.39. The molecule has 0 aromatic rings. The van der Waals surface area contributed by atoms with Gasteiger partial charge >= 0.3 is 6.09 Å². The minimum absolute atomic E-state index is 0.0953. The molecule has 0 aliphatic carbocycles. The monoisotopic (exact) mass is 385 g/mol. The van der Waals surface area contributed by atoms with Crippen LogP contribution in [0.2, 0.25) is 18.1 Å². The second-order valence-electron chi connectivity index (χ2n) is 10.00. The van der Waals surface area contributed by atoms with Crippen LogP contribution in [0.1, 0.15) is 68.7 Å². The number of hydrogen-bond donors (Lipinski definition) is 1. The number of alkyl carbamates (subject to hydrolysis) is 1. The molecule has 0 heterocycles. The molecule has 5 heteroatoms. The van der Waals surface area contributed by atoms with Gasteiger partial charge in [0.15, 0.2) is 8.32 Å².